The van der Waals surface area contributed by atoms with Crippen LogP contribution in [0.2, 0.25) is 5.15 Å². The minimum absolute atomic E-state index is 0.178. The number of sulfonamides is 2. The van der Waals surface area contributed by atoms with Crippen LogP contribution in [0.15, 0.2) is 121 Å². The number of aromatic nitrogens is 3. The first-order chi connectivity index (χ1) is 22.3. The van der Waals surface area contributed by atoms with Crippen molar-refractivity contribution >= 4 is 96.5 Å². The van der Waals surface area contributed by atoms with Crippen LogP contribution in [0.5, 0.6) is 11.8 Å². The van der Waals surface area contributed by atoms with Gasteiger partial charge in [0.2, 0.25) is 11.8 Å². The minimum atomic E-state index is -3.65. The van der Waals surface area contributed by atoms with Crippen molar-refractivity contribution in [3.05, 3.63) is 116 Å². The number of ether oxygens (including phenoxy) is 2. The fourth-order valence-corrected chi connectivity index (χ4v) is 6.62. The molecule has 0 amide bonds. The molecule has 0 fully saturated rings. The molecule has 0 bridgehead atoms. The molecule has 4 N–H and O–H groups in total. The van der Waals surface area contributed by atoms with Crippen molar-refractivity contribution in [3.63, 3.8) is 0 Å². The number of halogens is 4. The molecule has 2 aromatic carbocycles. The standard InChI is InChI=1S/2C12H11BrN2O3S.C5H4BrClN2/c2*1-18-12-11(7-9(13)8-14-12)15-19(16,17)10-5-3-2-4-6-10;6-3-1-4(8)5(7)9-2-3/h2*2-8,15H,1H3;1-2H,8H2. The van der Waals surface area contributed by atoms with E-state index in [2.05, 4.69) is 72.2 Å². The Hall–Kier alpha value is -3.48. The quantitative estimate of drug-likeness (QED) is 0.133. The molecular weight excluding hydrogens is 868 g/mol. The van der Waals surface area contributed by atoms with E-state index in [1.54, 1.807) is 60.8 Å². The van der Waals surface area contributed by atoms with Crippen molar-refractivity contribution in [1.29, 1.82) is 0 Å². The average Bonchev–Trinajstić information content (AvgIpc) is 3.04. The lowest BCUT2D eigenvalue weighted by Crippen LogP contribution is -2.13. The highest BCUT2D eigenvalue weighted by molar-refractivity contribution is 9.11. The number of hydrogen-bond donors (Lipinski definition) is 3. The number of nitrogens with one attached hydrogen (secondary N) is 2. The smallest absolute Gasteiger partial charge is 0.262 e. The Labute approximate surface area is 302 Å². The van der Waals surface area contributed by atoms with Gasteiger partial charge in [-0.3, -0.25) is 9.44 Å². The van der Waals surface area contributed by atoms with E-state index >= 15 is 0 Å². The summed E-state index contributed by atoms with van der Waals surface area (Å²) in [5, 5.41) is 0.346. The molecule has 5 rings (SSSR count). The molecular formula is C29H26Br3ClN6O6S2. The highest BCUT2D eigenvalue weighted by Gasteiger charge is 2.18. The van der Waals surface area contributed by atoms with Crippen LogP contribution >= 0.6 is 59.4 Å². The normalized spacial score (nSPS) is 10.8. The zero-order valence-electron chi connectivity index (χ0n) is 24.4. The second kappa shape index (κ2) is 17.6. The molecule has 0 atom stereocenters. The molecule has 0 unspecified atom stereocenters. The Morgan fingerprint density at radius 3 is 1.34 bits per heavy atom. The molecule has 0 saturated carbocycles. The molecule has 18 heteroatoms. The summed E-state index contributed by atoms with van der Waals surface area (Å²) in [5.74, 6) is 0.422. The van der Waals surface area contributed by atoms with Gasteiger partial charge in [-0.15, -0.1) is 0 Å². The number of hydrogen-bond acceptors (Lipinski definition) is 10. The van der Waals surface area contributed by atoms with Gasteiger partial charge in [0.15, 0.2) is 5.15 Å². The highest BCUT2D eigenvalue weighted by Crippen LogP contribution is 2.28. The van der Waals surface area contributed by atoms with E-state index in [0.717, 1.165) is 4.47 Å². The molecule has 248 valence electrons. The maximum absolute atomic E-state index is 12.2. The van der Waals surface area contributed by atoms with E-state index in [0.29, 0.717) is 19.8 Å². The molecule has 0 aliphatic heterocycles. The lowest BCUT2D eigenvalue weighted by Gasteiger charge is -2.11. The SMILES string of the molecule is COc1ncc(Br)cc1NS(=O)(=O)c1ccccc1.COc1ncc(Br)cc1NS(=O)(=O)c1ccccc1.Nc1cc(Br)cnc1Cl. The number of rotatable bonds is 8. The lowest BCUT2D eigenvalue weighted by atomic mass is 10.4. The average molecular weight is 894 g/mol. The first-order valence-electron chi connectivity index (χ1n) is 12.9. The Morgan fingerprint density at radius 2 is 1.00 bits per heavy atom. The van der Waals surface area contributed by atoms with Crippen LogP contribution in [0.3, 0.4) is 0 Å². The van der Waals surface area contributed by atoms with E-state index in [1.165, 1.54) is 50.9 Å². The third-order valence-electron chi connectivity index (χ3n) is 5.45. The van der Waals surface area contributed by atoms with Gasteiger partial charge in [-0.25, -0.2) is 31.8 Å². The van der Waals surface area contributed by atoms with E-state index < -0.39 is 20.0 Å². The summed E-state index contributed by atoms with van der Waals surface area (Å²) in [5.41, 5.74) is 6.44. The van der Waals surface area contributed by atoms with Gasteiger partial charge < -0.3 is 15.2 Å². The Balaban J connectivity index is 0.000000204. The maximum atomic E-state index is 12.2. The summed E-state index contributed by atoms with van der Waals surface area (Å²) < 4.78 is 65.8. The zero-order chi connectivity index (χ0) is 34.6. The first kappa shape index (κ1) is 38.0. The molecule has 0 spiro atoms. The fourth-order valence-electron chi connectivity index (χ4n) is 3.37. The Morgan fingerprint density at radius 1 is 0.638 bits per heavy atom. The number of benzene rings is 2. The van der Waals surface area contributed by atoms with Crippen LogP contribution in [-0.2, 0) is 20.0 Å². The van der Waals surface area contributed by atoms with E-state index in [4.69, 9.17) is 26.8 Å². The summed E-state index contributed by atoms with van der Waals surface area (Å²) in [4.78, 5) is 12.1. The summed E-state index contributed by atoms with van der Waals surface area (Å²) >= 11 is 15.2. The van der Waals surface area contributed by atoms with Gasteiger partial charge >= 0.3 is 0 Å². The number of methoxy groups -OCH3 is 2. The molecule has 0 saturated heterocycles. The summed E-state index contributed by atoms with van der Waals surface area (Å²) in [6.45, 7) is 0. The topological polar surface area (TPSA) is 175 Å². The fraction of sp³-hybridized carbons (Fsp3) is 0.0690. The molecule has 12 nitrogen and oxygen atoms in total. The summed E-state index contributed by atoms with van der Waals surface area (Å²) in [7, 11) is -4.45. The van der Waals surface area contributed by atoms with Crippen LogP contribution in [-0.4, -0.2) is 46.0 Å². The van der Waals surface area contributed by atoms with Gasteiger partial charge in [-0.2, -0.15) is 0 Å². The van der Waals surface area contributed by atoms with Gasteiger partial charge in [0.05, 0.1) is 29.7 Å². The van der Waals surface area contributed by atoms with E-state index in [-0.39, 0.29) is 32.9 Å². The molecule has 3 aromatic heterocycles. The maximum Gasteiger partial charge on any atom is 0.262 e. The molecule has 5 aromatic rings. The third-order valence-corrected chi connectivity index (χ3v) is 9.83. The number of anilines is 3. The van der Waals surface area contributed by atoms with Crippen molar-refractivity contribution in [3.8, 4) is 11.8 Å². The third kappa shape index (κ3) is 11.6. The van der Waals surface area contributed by atoms with Gasteiger partial charge in [0, 0.05) is 32.0 Å². The summed E-state index contributed by atoms with van der Waals surface area (Å²) in [6.07, 6.45) is 4.65. The number of pyridine rings is 3. The van der Waals surface area contributed by atoms with Crippen LogP contribution < -0.4 is 24.7 Å². The predicted molar refractivity (Wildman–Crippen MR) is 193 cm³/mol. The molecule has 3 heterocycles. The van der Waals surface area contributed by atoms with Gasteiger partial charge in [0.25, 0.3) is 20.0 Å². The Bertz CT molecular complexity index is 1890. The van der Waals surface area contributed by atoms with Crippen molar-refractivity contribution in [2.45, 2.75) is 9.79 Å². The second-order valence-corrected chi connectivity index (χ2v) is 15.3. The predicted octanol–water partition coefficient (Wildman–Crippen LogP) is 7.39. The number of nitrogens with zero attached hydrogens (tertiary/aromatic N) is 3. The van der Waals surface area contributed by atoms with E-state index in [1.807, 2.05) is 0 Å². The van der Waals surface area contributed by atoms with Crippen molar-refractivity contribution in [1.82, 2.24) is 15.0 Å². The van der Waals surface area contributed by atoms with Gasteiger partial charge in [0.1, 0.15) is 11.4 Å². The monoisotopic (exact) mass is 890 g/mol. The molecule has 0 aliphatic carbocycles. The van der Waals surface area contributed by atoms with Crippen molar-refractivity contribution in [2.75, 3.05) is 29.4 Å². The van der Waals surface area contributed by atoms with E-state index in [9.17, 15) is 16.8 Å². The van der Waals surface area contributed by atoms with Crippen molar-refractivity contribution in [2.24, 2.45) is 0 Å². The Kier molecular flexibility index (Phi) is 14.2. The zero-order valence-corrected chi connectivity index (χ0v) is 31.6. The van der Waals surface area contributed by atoms with Gasteiger partial charge in [-0.05, 0) is 90.3 Å². The van der Waals surface area contributed by atoms with Crippen molar-refractivity contribution < 1.29 is 26.3 Å². The molecule has 47 heavy (non-hydrogen) atoms. The number of nitrogens with two attached hydrogens (primary N) is 1. The van der Waals surface area contributed by atoms with Crippen LogP contribution in [0.25, 0.3) is 0 Å². The lowest BCUT2D eigenvalue weighted by molar-refractivity contribution is 0.400. The first-order valence-corrected chi connectivity index (χ1v) is 18.6. The van der Waals surface area contributed by atoms with Gasteiger partial charge in [-0.1, -0.05) is 48.0 Å². The minimum Gasteiger partial charge on any atom is -0.479 e. The molecule has 0 aliphatic rings. The highest BCUT2D eigenvalue weighted by atomic mass is 79.9. The summed E-state index contributed by atoms with van der Waals surface area (Å²) in [6, 6.07) is 21.1. The molecule has 0 radical (unpaired) electrons. The largest absolute Gasteiger partial charge is 0.479 e. The van der Waals surface area contributed by atoms with Crippen LogP contribution in [0, 0.1) is 0 Å². The number of nitrogen functional groups attached to an aromatic ring is 1. The van der Waals surface area contributed by atoms with Crippen LogP contribution in [0.1, 0.15) is 0 Å². The van der Waals surface area contributed by atoms with Crippen LogP contribution in [0.4, 0.5) is 17.1 Å². The second-order valence-electron chi connectivity index (χ2n) is 8.79.